The Hall–Kier alpha value is -14.9. The molecule has 0 fully saturated rings. The molecule has 514 valence electrons. The van der Waals surface area contributed by atoms with E-state index in [4.69, 9.17) is 26.5 Å². The van der Waals surface area contributed by atoms with Crippen molar-refractivity contribution in [3.63, 3.8) is 0 Å². The fourth-order valence-corrected chi connectivity index (χ4v) is 16.8. The molecule has 0 spiro atoms. The molecule has 0 unspecified atom stereocenters. The second kappa shape index (κ2) is 24.3. The summed E-state index contributed by atoms with van der Waals surface area (Å²) in [7, 11) is 0. The number of rotatable bonds is 12. The average molecular weight is 1410 g/mol. The van der Waals surface area contributed by atoms with E-state index in [1.165, 1.54) is 0 Å². The van der Waals surface area contributed by atoms with E-state index in [0.29, 0.717) is 0 Å². The molecule has 0 amide bonds. The molecule has 0 bridgehead atoms. The zero-order valence-electron chi connectivity index (χ0n) is 59.0. The van der Waals surface area contributed by atoms with E-state index in [1.807, 2.05) is 72.8 Å². The van der Waals surface area contributed by atoms with Crippen LogP contribution in [0, 0.1) is 0 Å². The minimum absolute atomic E-state index is 0.798. The Balaban J connectivity index is 0.587. The SMILES string of the molecule is c1ccc2oc(-c3ccc(N(c4ccc(-c5cc6oc7cc8c(cc7c6c6ccccc56)oc5cc(-c6ccc(N(c7ccc(-c9cc%10ccccc%10o9)cc7)c7ccc9cc(-c%10cc%11ccccc%11o%10)ccc9c7)cc6)c6ccccc6c58)cc4)c4ccc5cc(-c6cc7ccccc7o6)ccc5c4)cc3)cc2c1. The molecule has 23 rings (SSSR count). The Morgan fingerprint density at radius 3 is 0.791 bits per heavy atom. The van der Waals surface area contributed by atoms with Crippen molar-refractivity contribution in [1.29, 1.82) is 0 Å². The number of para-hydroxylation sites is 4. The highest BCUT2D eigenvalue weighted by Crippen LogP contribution is 2.49. The Labute approximate surface area is 628 Å². The van der Waals surface area contributed by atoms with E-state index in [0.717, 1.165) is 233 Å². The van der Waals surface area contributed by atoms with E-state index in [9.17, 15) is 0 Å². The van der Waals surface area contributed by atoms with Crippen LogP contribution in [0.4, 0.5) is 34.1 Å². The van der Waals surface area contributed by atoms with Crippen molar-refractivity contribution in [2.75, 3.05) is 9.80 Å². The summed E-state index contributed by atoms with van der Waals surface area (Å²) in [6.07, 6.45) is 0. The van der Waals surface area contributed by atoms with Gasteiger partial charge in [0.25, 0.3) is 0 Å². The van der Waals surface area contributed by atoms with Crippen LogP contribution in [0.3, 0.4) is 0 Å². The highest BCUT2D eigenvalue weighted by Gasteiger charge is 2.24. The van der Waals surface area contributed by atoms with Crippen LogP contribution in [0.1, 0.15) is 0 Å². The third-order valence-electron chi connectivity index (χ3n) is 22.2. The summed E-state index contributed by atoms with van der Waals surface area (Å²) in [5.74, 6) is 3.36. The molecular weight excluding hydrogens is 1350 g/mol. The molecule has 0 atom stereocenters. The van der Waals surface area contributed by atoms with Crippen LogP contribution in [-0.2, 0) is 0 Å². The predicted octanol–water partition coefficient (Wildman–Crippen LogP) is 30.0. The van der Waals surface area contributed by atoms with Gasteiger partial charge in [-0.1, -0.05) is 182 Å². The van der Waals surface area contributed by atoms with Gasteiger partial charge in [0.15, 0.2) is 0 Å². The van der Waals surface area contributed by atoms with Crippen LogP contribution >= 0.6 is 0 Å². The van der Waals surface area contributed by atoms with Gasteiger partial charge in [-0.25, -0.2) is 0 Å². The van der Waals surface area contributed by atoms with Gasteiger partial charge in [0.05, 0.1) is 0 Å². The quantitative estimate of drug-likeness (QED) is 0.120. The summed E-state index contributed by atoms with van der Waals surface area (Å²) in [4.78, 5) is 4.65. The fraction of sp³-hybridized carbons (Fsp3) is 0. The van der Waals surface area contributed by atoms with Gasteiger partial charge in [0, 0.05) is 99.5 Å². The molecule has 0 radical (unpaired) electrons. The minimum Gasteiger partial charge on any atom is -0.456 e. The van der Waals surface area contributed by atoms with Gasteiger partial charge in [0.2, 0.25) is 0 Å². The van der Waals surface area contributed by atoms with E-state index < -0.39 is 0 Å². The van der Waals surface area contributed by atoms with Crippen LogP contribution in [0.15, 0.2) is 390 Å². The number of furan rings is 6. The lowest BCUT2D eigenvalue weighted by Crippen LogP contribution is -2.09. The molecule has 23 aromatic rings. The maximum absolute atomic E-state index is 7.08. The first-order chi connectivity index (χ1) is 54.4. The van der Waals surface area contributed by atoms with Crippen molar-refractivity contribution in [2.45, 2.75) is 0 Å². The molecule has 6 aromatic heterocycles. The molecule has 8 nitrogen and oxygen atoms in total. The van der Waals surface area contributed by atoms with Crippen LogP contribution in [0.25, 0.3) is 198 Å². The molecule has 0 aliphatic rings. The van der Waals surface area contributed by atoms with Gasteiger partial charge in [-0.2, -0.15) is 0 Å². The largest absolute Gasteiger partial charge is 0.456 e. The van der Waals surface area contributed by atoms with Crippen molar-refractivity contribution in [3.05, 3.63) is 364 Å². The van der Waals surface area contributed by atoms with Gasteiger partial charge in [-0.15, -0.1) is 0 Å². The second-order valence-corrected chi connectivity index (χ2v) is 28.7. The second-order valence-electron chi connectivity index (χ2n) is 28.7. The van der Waals surface area contributed by atoms with E-state index >= 15 is 0 Å². The third kappa shape index (κ3) is 10.1. The fourth-order valence-electron chi connectivity index (χ4n) is 16.8. The maximum atomic E-state index is 7.08. The summed E-state index contributed by atoms with van der Waals surface area (Å²) in [5.41, 5.74) is 21.2. The lowest BCUT2D eigenvalue weighted by molar-refractivity contribution is 0.631. The van der Waals surface area contributed by atoms with E-state index in [1.54, 1.807) is 0 Å². The van der Waals surface area contributed by atoms with Crippen molar-refractivity contribution < 1.29 is 26.5 Å². The number of hydrogen-bond donors (Lipinski definition) is 0. The first-order valence-corrected chi connectivity index (χ1v) is 37.1. The number of anilines is 6. The predicted molar refractivity (Wildman–Crippen MR) is 452 cm³/mol. The number of hydrogen-bond acceptors (Lipinski definition) is 8. The van der Waals surface area contributed by atoms with Crippen LogP contribution < -0.4 is 9.80 Å². The first kappa shape index (κ1) is 61.4. The lowest BCUT2D eigenvalue weighted by atomic mass is 9.93. The normalized spacial score (nSPS) is 12.0. The van der Waals surface area contributed by atoms with E-state index in [-0.39, 0.29) is 0 Å². The Kier molecular flexibility index (Phi) is 13.6. The molecule has 110 heavy (non-hydrogen) atoms. The summed E-state index contributed by atoms with van der Waals surface area (Å²) in [6, 6.07) is 129. The summed E-state index contributed by atoms with van der Waals surface area (Å²) in [6.45, 7) is 0. The number of benzene rings is 17. The molecule has 6 heterocycles. The van der Waals surface area contributed by atoms with Gasteiger partial charge in [-0.05, 0) is 247 Å². The lowest BCUT2D eigenvalue weighted by Gasteiger charge is -2.26. The highest BCUT2D eigenvalue weighted by molar-refractivity contribution is 6.28. The maximum Gasteiger partial charge on any atom is 0.136 e. The summed E-state index contributed by atoms with van der Waals surface area (Å²) >= 11 is 0. The van der Waals surface area contributed by atoms with Crippen LogP contribution in [0.2, 0.25) is 0 Å². The Bertz CT molecular complexity index is 7070. The molecule has 0 aliphatic heterocycles. The smallest absolute Gasteiger partial charge is 0.136 e. The van der Waals surface area contributed by atoms with Crippen molar-refractivity contribution in [1.82, 2.24) is 0 Å². The Morgan fingerprint density at radius 1 is 0.155 bits per heavy atom. The molecule has 0 N–H and O–H groups in total. The van der Waals surface area contributed by atoms with E-state index in [2.05, 4.69) is 301 Å². The van der Waals surface area contributed by atoms with Crippen LogP contribution in [0.5, 0.6) is 0 Å². The van der Waals surface area contributed by atoms with Gasteiger partial charge in [-0.3, -0.25) is 0 Å². The van der Waals surface area contributed by atoms with Crippen LogP contribution in [-0.4, -0.2) is 0 Å². The standard InChI is InChI=1S/C102H60N2O6/c1-9-21-89-69(13-1)53-93(105-89)63-33-43-77(44-34-63)103(79-47-37-65-49-73(27-25-67(65)51-79)95-55-71-15-3-11-23-91(71)107-95)75-39-29-61(30-40-75)85-57-99-101(83-19-7-5-17-81(83)85)87-59-98-88(60-97(87)109-99)102-84-20-8-6-18-82(84)86(58-100(102)110-98)62-31-41-76(42-32-62)104(78-45-35-64(36-46-78)94-54-70-14-2-10-22-90(70)106-94)80-48-38-66-50-74(28-26-68(66)52-80)96-56-72-16-4-12-24-92(72)108-96/h1-60H. The van der Waals surface area contributed by atoms with Gasteiger partial charge < -0.3 is 36.3 Å². The van der Waals surface area contributed by atoms with Crippen molar-refractivity contribution in [3.8, 4) is 67.5 Å². The average Bonchev–Trinajstić information content (AvgIpc) is 1.55. The molecule has 0 saturated carbocycles. The topological polar surface area (TPSA) is 85.3 Å². The molecule has 0 aliphatic carbocycles. The summed E-state index contributed by atoms with van der Waals surface area (Å²) in [5, 5.41) is 17.4. The number of fused-ring (bicyclic) bond motifs is 16. The zero-order valence-corrected chi connectivity index (χ0v) is 59.0. The third-order valence-corrected chi connectivity index (χ3v) is 22.2. The summed E-state index contributed by atoms with van der Waals surface area (Å²) < 4.78 is 39.5. The highest BCUT2D eigenvalue weighted by atomic mass is 16.4. The number of nitrogens with zero attached hydrogens (tertiary/aromatic N) is 2. The Morgan fingerprint density at radius 2 is 0.436 bits per heavy atom. The monoisotopic (exact) mass is 1410 g/mol. The van der Waals surface area contributed by atoms with Crippen molar-refractivity contribution in [2.24, 2.45) is 0 Å². The minimum atomic E-state index is 0.798. The van der Waals surface area contributed by atoms with Crippen molar-refractivity contribution >= 4 is 165 Å². The van der Waals surface area contributed by atoms with Gasteiger partial charge >= 0.3 is 0 Å². The molecule has 0 saturated heterocycles. The van der Waals surface area contributed by atoms with Gasteiger partial charge in [0.1, 0.15) is 67.7 Å². The molecule has 17 aromatic carbocycles. The molecule has 8 heteroatoms. The zero-order chi connectivity index (χ0) is 72.1. The molecular formula is C102H60N2O6. The first-order valence-electron chi connectivity index (χ1n) is 37.1.